The van der Waals surface area contributed by atoms with Crippen molar-refractivity contribution >= 4 is 10.0 Å². The van der Waals surface area contributed by atoms with Gasteiger partial charge in [-0.3, -0.25) is 0 Å². The maximum absolute atomic E-state index is 11.7. The van der Waals surface area contributed by atoms with Gasteiger partial charge in [-0.2, -0.15) is 0 Å². The van der Waals surface area contributed by atoms with Crippen LogP contribution in [0.1, 0.15) is 20.3 Å². The van der Waals surface area contributed by atoms with Gasteiger partial charge in [0.05, 0.1) is 5.75 Å². The minimum Gasteiger partial charge on any atom is -0.316 e. The van der Waals surface area contributed by atoms with Crippen molar-refractivity contribution < 1.29 is 8.42 Å². The van der Waals surface area contributed by atoms with Gasteiger partial charge in [0.15, 0.2) is 0 Å². The van der Waals surface area contributed by atoms with Crippen LogP contribution in [0.3, 0.4) is 0 Å². The van der Waals surface area contributed by atoms with Gasteiger partial charge < -0.3 is 5.32 Å². The molecule has 0 aromatic rings. The highest BCUT2D eigenvalue weighted by molar-refractivity contribution is 7.89. The third-order valence-electron chi connectivity index (χ3n) is 3.37. The van der Waals surface area contributed by atoms with Gasteiger partial charge >= 0.3 is 0 Å². The molecule has 5 heteroatoms. The fourth-order valence-electron chi connectivity index (χ4n) is 2.25. The first-order valence-electron chi connectivity index (χ1n) is 5.70. The summed E-state index contributed by atoms with van der Waals surface area (Å²) in [4.78, 5) is 0. The van der Waals surface area contributed by atoms with Crippen LogP contribution in [0.15, 0.2) is 0 Å². The molecular formula is C10H20N2O2S. The van der Waals surface area contributed by atoms with Gasteiger partial charge in [-0.25, -0.2) is 13.1 Å². The first kappa shape index (κ1) is 11.4. The summed E-state index contributed by atoms with van der Waals surface area (Å²) in [5, 5.41) is 3.25. The SMILES string of the molecule is CC(C)CCS(=O)(=O)NC1C2CNCC21. The summed E-state index contributed by atoms with van der Waals surface area (Å²) in [6, 6.07) is 0.225. The van der Waals surface area contributed by atoms with Gasteiger partial charge in [0.2, 0.25) is 10.0 Å². The Kier molecular flexibility index (Phi) is 3.05. The smallest absolute Gasteiger partial charge is 0.211 e. The maximum Gasteiger partial charge on any atom is 0.211 e. The van der Waals surface area contributed by atoms with Gasteiger partial charge in [0, 0.05) is 6.04 Å². The lowest BCUT2D eigenvalue weighted by Crippen LogP contribution is -2.34. The highest BCUT2D eigenvalue weighted by Crippen LogP contribution is 2.42. The maximum atomic E-state index is 11.7. The molecule has 0 aromatic carbocycles. The molecule has 1 heterocycles. The van der Waals surface area contributed by atoms with Crippen LogP contribution in [0.25, 0.3) is 0 Å². The second kappa shape index (κ2) is 4.03. The third kappa shape index (κ3) is 2.71. The third-order valence-corrected chi connectivity index (χ3v) is 4.78. The normalized spacial score (nSPS) is 34.5. The van der Waals surface area contributed by atoms with Crippen LogP contribution in [-0.4, -0.2) is 33.3 Å². The number of piperidine rings is 1. The van der Waals surface area contributed by atoms with E-state index in [4.69, 9.17) is 0 Å². The minimum atomic E-state index is -3.03. The quantitative estimate of drug-likeness (QED) is 0.710. The van der Waals surface area contributed by atoms with Crippen LogP contribution < -0.4 is 10.0 Å². The summed E-state index contributed by atoms with van der Waals surface area (Å²) < 4.78 is 26.2. The Labute approximate surface area is 91.9 Å². The molecular weight excluding hydrogens is 212 g/mol. The average molecular weight is 232 g/mol. The molecule has 1 saturated carbocycles. The standard InChI is InChI=1S/C10H20N2O2S/c1-7(2)3-4-15(13,14)12-10-8-5-11-6-9(8)10/h7-12H,3-6H2,1-2H3. The van der Waals surface area contributed by atoms with E-state index in [1.807, 2.05) is 13.8 Å². The number of rotatable bonds is 5. The summed E-state index contributed by atoms with van der Waals surface area (Å²) in [6.07, 6.45) is 0.746. The van der Waals surface area contributed by atoms with Gasteiger partial charge in [0.25, 0.3) is 0 Å². The van der Waals surface area contributed by atoms with Gasteiger partial charge in [-0.15, -0.1) is 0 Å². The number of hydrogen-bond donors (Lipinski definition) is 2. The second-order valence-corrected chi connectivity index (χ2v) is 7.00. The van der Waals surface area contributed by atoms with E-state index in [9.17, 15) is 8.42 Å². The molecule has 2 fully saturated rings. The lowest BCUT2D eigenvalue weighted by molar-refractivity contribution is 0.550. The highest BCUT2D eigenvalue weighted by atomic mass is 32.2. The molecule has 0 bridgehead atoms. The van der Waals surface area contributed by atoms with Crippen molar-refractivity contribution in [1.82, 2.24) is 10.0 Å². The van der Waals surface area contributed by atoms with Crippen molar-refractivity contribution in [3.63, 3.8) is 0 Å². The predicted molar refractivity (Wildman–Crippen MR) is 60.0 cm³/mol. The lowest BCUT2D eigenvalue weighted by Gasteiger charge is -2.09. The molecule has 88 valence electrons. The lowest BCUT2D eigenvalue weighted by atomic mass is 10.2. The molecule has 2 rings (SSSR count). The van der Waals surface area contributed by atoms with E-state index in [-0.39, 0.29) is 11.8 Å². The molecule has 0 radical (unpaired) electrons. The molecule has 2 unspecified atom stereocenters. The van der Waals surface area contributed by atoms with E-state index in [0.717, 1.165) is 19.5 Å². The molecule has 0 aromatic heterocycles. The number of hydrogen-bond acceptors (Lipinski definition) is 3. The van der Waals surface area contributed by atoms with Crippen LogP contribution in [0.4, 0.5) is 0 Å². The van der Waals surface area contributed by atoms with Gasteiger partial charge in [-0.05, 0) is 37.3 Å². The molecule has 4 nitrogen and oxygen atoms in total. The van der Waals surface area contributed by atoms with Crippen LogP contribution in [0.5, 0.6) is 0 Å². The number of sulfonamides is 1. The molecule has 0 spiro atoms. The second-order valence-electron chi connectivity index (χ2n) is 5.13. The number of fused-ring (bicyclic) bond motifs is 1. The summed E-state index contributed by atoms with van der Waals surface area (Å²) in [5.41, 5.74) is 0. The Morgan fingerprint density at radius 1 is 1.33 bits per heavy atom. The zero-order valence-corrected chi connectivity index (χ0v) is 10.2. The van der Waals surface area contributed by atoms with E-state index in [2.05, 4.69) is 10.0 Å². The molecule has 2 aliphatic rings. The largest absolute Gasteiger partial charge is 0.316 e. The molecule has 1 saturated heterocycles. The molecule has 1 aliphatic heterocycles. The Morgan fingerprint density at radius 3 is 2.47 bits per heavy atom. The Bertz CT molecular complexity index is 316. The molecule has 0 amide bonds. The zero-order chi connectivity index (χ0) is 11.1. The Morgan fingerprint density at radius 2 is 1.93 bits per heavy atom. The number of nitrogens with one attached hydrogen (secondary N) is 2. The van der Waals surface area contributed by atoms with Crippen molar-refractivity contribution in [1.29, 1.82) is 0 Å². The van der Waals surface area contributed by atoms with Crippen LogP contribution in [0.2, 0.25) is 0 Å². The zero-order valence-electron chi connectivity index (χ0n) is 9.36. The van der Waals surface area contributed by atoms with E-state index >= 15 is 0 Å². The van der Waals surface area contributed by atoms with Gasteiger partial charge in [-0.1, -0.05) is 13.8 Å². The van der Waals surface area contributed by atoms with Gasteiger partial charge in [0.1, 0.15) is 0 Å². The summed E-state index contributed by atoms with van der Waals surface area (Å²) in [6.45, 7) is 6.04. The Hall–Kier alpha value is -0.130. The molecule has 1 aliphatic carbocycles. The van der Waals surface area contributed by atoms with E-state index in [1.165, 1.54) is 0 Å². The van der Waals surface area contributed by atoms with E-state index in [0.29, 0.717) is 17.8 Å². The fourth-order valence-corrected chi connectivity index (χ4v) is 3.91. The predicted octanol–water partition coefficient (Wildman–Crippen LogP) is 0.170. The van der Waals surface area contributed by atoms with Crippen molar-refractivity contribution in [2.45, 2.75) is 26.3 Å². The van der Waals surface area contributed by atoms with Crippen molar-refractivity contribution in [3.8, 4) is 0 Å². The van der Waals surface area contributed by atoms with E-state index < -0.39 is 10.0 Å². The average Bonchev–Trinajstić information content (AvgIpc) is 2.64. The Balaban J connectivity index is 1.79. The molecule has 2 atom stereocenters. The van der Waals surface area contributed by atoms with Crippen LogP contribution in [-0.2, 0) is 10.0 Å². The van der Waals surface area contributed by atoms with Crippen molar-refractivity contribution in [3.05, 3.63) is 0 Å². The first-order valence-corrected chi connectivity index (χ1v) is 7.35. The van der Waals surface area contributed by atoms with Crippen LogP contribution >= 0.6 is 0 Å². The summed E-state index contributed by atoms with van der Waals surface area (Å²) in [7, 11) is -3.03. The summed E-state index contributed by atoms with van der Waals surface area (Å²) in [5.74, 6) is 1.83. The van der Waals surface area contributed by atoms with Crippen molar-refractivity contribution in [2.75, 3.05) is 18.8 Å². The molecule has 15 heavy (non-hydrogen) atoms. The minimum absolute atomic E-state index is 0.225. The monoisotopic (exact) mass is 232 g/mol. The van der Waals surface area contributed by atoms with Crippen LogP contribution in [0, 0.1) is 17.8 Å². The highest BCUT2D eigenvalue weighted by Gasteiger charge is 2.54. The fraction of sp³-hybridized carbons (Fsp3) is 1.00. The molecule has 2 N–H and O–H groups in total. The van der Waals surface area contributed by atoms with E-state index in [1.54, 1.807) is 0 Å². The topological polar surface area (TPSA) is 58.2 Å². The summed E-state index contributed by atoms with van der Waals surface area (Å²) >= 11 is 0. The first-order chi connectivity index (χ1) is 6.99. The van der Waals surface area contributed by atoms with Crippen molar-refractivity contribution in [2.24, 2.45) is 17.8 Å².